The van der Waals surface area contributed by atoms with Crippen LogP contribution in [0, 0.1) is 17.5 Å². The van der Waals surface area contributed by atoms with Crippen LogP contribution in [0.25, 0.3) is 11.4 Å². The first-order valence-corrected chi connectivity index (χ1v) is 11.4. The third-order valence-electron chi connectivity index (χ3n) is 6.24. The van der Waals surface area contributed by atoms with Crippen LogP contribution < -0.4 is 5.32 Å². The highest BCUT2D eigenvalue weighted by atomic mass is 19.4. The van der Waals surface area contributed by atoms with Crippen LogP contribution in [-0.2, 0) is 6.18 Å². The van der Waals surface area contributed by atoms with Gasteiger partial charge in [-0.2, -0.15) is 13.2 Å². The van der Waals surface area contributed by atoms with E-state index in [1.54, 1.807) is 35.1 Å². The summed E-state index contributed by atoms with van der Waals surface area (Å²) in [7, 11) is 1.69. The molecule has 0 spiro atoms. The van der Waals surface area contributed by atoms with E-state index in [1.165, 1.54) is 30.3 Å². The van der Waals surface area contributed by atoms with E-state index in [9.17, 15) is 31.1 Å². The van der Waals surface area contributed by atoms with Gasteiger partial charge in [0.1, 0.15) is 5.82 Å². The Morgan fingerprint density at radius 3 is 2.42 bits per heavy atom. The fourth-order valence-electron chi connectivity index (χ4n) is 4.53. The van der Waals surface area contributed by atoms with Crippen molar-refractivity contribution in [3.05, 3.63) is 124 Å². The van der Waals surface area contributed by atoms with Crippen molar-refractivity contribution in [3.8, 4) is 0 Å². The second-order valence-corrected chi connectivity index (χ2v) is 8.73. The van der Waals surface area contributed by atoms with E-state index in [1.807, 2.05) is 0 Å². The Labute approximate surface area is 213 Å². The highest BCUT2D eigenvalue weighted by molar-refractivity contribution is 6.06. The maximum absolute atomic E-state index is 14.6. The van der Waals surface area contributed by atoms with E-state index in [0.717, 1.165) is 30.3 Å². The normalized spacial score (nSPS) is 15.1. The molecule has 0 aliphatic carbocycles. The molecule has 38 heavy (non-hydrogen) atoms. The predicted molar refractivity (Wildman–Crippen MR) is 131 cm³/mol. The SMILES string of the molecule is CN1CN2C(c3ccc(C(F)(F)F)c(C(=O)Nc4ccc(F)cc4)c3)=CC=CC2=C1c1cccc(F)c1F. The van der Waals surface area contributed by atoms with Gasteiger partial charge in [0.2, 0.25) is 0 Å². The van der Waals surface area contributed by atoms with E-state index in [-0.39, 0.29) is 17.9 Å². The van der Waals surface area contributed by atoms with Crippen molar-refractivity contribution in [1.29, 1.82) is 0 Å². The lowest BCUT2D eigenvalue weighted by Gasteiger charge is -2.27. The van der Waals surface area contributed by atoms with Crippen LogP contribution in [0.4, 0.5) is 32.0 Å². The Balaban J connectivity index is 1.55. The molecule has 3 aromatic rings. The number of halogens is 6. The molecule has 5 rings (SSSR count). The van der Waals surface area contributed by atoms with Crippen LogP contribution in [0.1, 0.15) is 27.0 Å². The van der Waals surface area contributed by atoms with Gasteiger partial charge in [-0.05, 0) is 66.2 Å². The molecule has 0 saturated carbocycles. The van der Waals surface area contributed by atoms with Gasteiger partial charge in [0.25, 0.3) is 5.91 Å². The van der Waals surface area contributed by atoms with Gasteiger partial charge in [0.15, 0.2) is 11.6 Å². The molecule has 0 atom stereocenters. The highest BCUT2D eigenvalue weighted by Gasteiger charge is 2.37. The molecule has 1 amide bonds. The van der Waals surface area contributed by atoms with Crippen molar-refractivity contribution in [3.63, 3.8) is 0 Å². The van der Waals surface area contributed by atoms with E-state index in [2.05, 4.69) is 5.32 Å². The Bertz CT molecular complexity index is 1520. The third-order valence-corrected chi connectivity index (χ3v) is 6.24. The summed E-state index contributed by atoms with van der Waals surface area (Å²) in [4.78, 5) is 16.4. The smallest absolute Gasteiger partial charge is 0.354 e. The molecule has 2 aliphatic rings. The molecule has 10 heteroatoms. The van der Waals surface area contributed by atoms with Crippen LogP contribution in [0.15, 0.2) is 84.6 Å². The summed E-state index contributed by atoms with van der Waals surface area (Å²) in [6.07, 6.45) is 0.189. The molecule has 2 heterocycles. The average Bonchev–Trinajstić information content (AvgIpc) is 3.22. The molecule has 194 valence electrons. The number of fused-ring (bicyclic) bond motifs is 1. The molecular weight excluding hydrogens is 508 g/mol. The number of carbonyl (C=O) groups excluding carboxylic acids is 1. The Morgan fingerprint density at radius 1 is 0.974 bits per heavy atom. The summed E-state index contributed by atoms with van der Waals surface area (Å²) < 4.78 is 83.2. The van der Waals surface area contributed by atoms with Crippen LogP contribution in [-0.4, -0.2) is 29.4 Å². The zero-order chi connectivity index (χ0) is 27.2. The molecule has 0 saturated heterocycles. The van der Waals surface area contributed by atoms with Crippen molar-refractivity contribution in [1.82, 2.24) is 9.80 Å². The maximum atomic E-state index is 14.6. The van der Waals surface area contributed by atoms with E-state index in [0.29, 0.717) is 22.7 Å². The predicted octanol–water partition coefficient (Wildman–Crippen LogP) is 6.86. The average molecular weight is 527 g/mol. The first kappa shape index (κ1) is 25.2. The van der Waals surface area contributed by atoms with Crippen molar-refractivity contribution < 1.29 is 31.1 Å². The minimum Gasteiger partial charge on any atom is -0.354 e. The Morgan fingerprint density at radius 2 is 1.71 bits per heavy atom. The van der Waals surface area contributed by atoms with E-state index < -0.39 is 40.7 Å². The summed E-state index contributed by atoms with van der Waals surface area (Å²) in [6, 6.07) is 11.7. The molecule has 0 fully saturated rings. The van der Waals surface area contributed by atoms with E-state index >= 15 is 0 Å². The Kier molecular flexibility index (Phi) is 6.26. The fourth-order valence-corrected chi connectivity index (χ4v) is 4.53. The number of nitrogens with one attached hydrogen (secondary N) is 1. The standard InChI is InChI=1S/C28H19F6N3O/c1-36-15-37-23(6-3-7-24(37)26(36)19-4-2-5-22(30)25(19)31)16-8-13-21(28(32,33)34)20(14-16)27(38)35-18-11-9-17(29)10-12-18/h2-14H,15H2,1H3,(H,35,38). The van der Waals surface area contributed by atoms with Gasteiger partial charge < -0.3 is 15.1 Å². The van der Waals surface area contributed by atoms with Crippen LogP contribution in [0.5, 0.6) is 0 Å². The second-order valence-electron chi connectivity index (χ2n) is 8.73. The minimum atomic E-state index is -4.81. The lowest BCUT2D eigenvalue weighted by atomic mass is 9.98. The van der Waals surface area contributed by atoms with Gasteiger partial charge in [-0.1, -0.05) is 18.2 Å². The van der Waals surface area contributed by atoms with Crippen molar-refractivity contribution in [2.75, 3.05) is 19.0 Å². The maximum Gasteiger partial charge on any atom is 0.417 e. The first-order chi connectivity index (χ1) is 18.0. The number of rotatable bonds is 4. The second kappa shape index (κ2) is 9.44. The topological polar surface area (TPSA) is 35.6 Å². The number of nitrogens with zero attached hydrogens (tertiary/aromatic N) is 2. The summed E-state index contributed by atoms with van der Waals surface area (Å²) >= 11 is 0. The monoisotopic (exact) mass is 527 g/mol. The zero-order valence-corrected chi connectivity index (χ0v) is 19.8. The summed E-state index contributed by atoms with van der Waals surface area (Å²) in [6.45, 7) is 0.203. The summed E-state index contributed by atoms with van der Waals surface area (Å²) in [5.74, 6) is -3.59. The molecule has 3 aromatic carbocycles. The van der Waals surface area contributed by atoms with Crippen molar-refractivity contribution in [2.24, 2.45) is 0 Å². The number of hydrogen-bond donors (Lipinski definition) is 1. The fraction of sp³-hybridized carbons (Fsp3) is 0.107. The number of anilines is 1. The number of benzene rings is 3. The molecule has 0 aromatic heterocycles. The minimum absolute atomic E-state index is 0.0442. The lowest BCUT2D eigenvalue weighted by Crippen LogP contribution is -2.25. The Hall–Kier alpha value is -4.47. The van der Waals surface area contributed by atoms with Gasteiger partial charge in [0, 0.05) is 18.3 Å². The number of carbonyl (C=O) groups is 1. The number of allylic oxidation sites excluding steroid dienone is 3. The van der Waals surface area contributed by atoms with Gasteiger partial charge in [0.05, 0.1) is 34.9 Å². The van der Waals surface area contributed by atoms with Crippen LogP contribution in [0.2, 0.25) is 0 Å². The van der Waals surface area contributed by atoms with Crippen molar-refractivity contribution >= 4 is 23.0 Å². The van der Waals surface area contributed by atoms with Gasteiger partial charge in [-0.15, -0.1) is 0 Å². The molecule has 4 nitrogen and oxygen atoms in total. The molecule has 0 bridgehead atoms. The van der Waals surface area contributed by atoms with Gasteiger partial charge in [-0.25, -0.2) is 13.2 Å². The molecule has 1 N–H and O–H groups in total. The molecule has 2 aliphatic heterocycles. The van der Waals surface area contributed by atoms with Crippen LogP contribution >= 0.6 is 0 Å². The number of alkyl halides is 3. The van der Waals surface area contributed by atoms with Gasteiger partial charge in [-0.3, -0.25) is 4.79 Å². The quantitative estimate of drug-likeness (QED) is 0.377. The molecular formula is C28H19F6N3O. The summed E-state index contributed by atoms with van der Waals surface area (Å²) in [5, 5.41) is 2.37. The highest BCUT2D eigenvalue weighted by Crippen LogP contribution is 2.41. The van der Waals surface area contributed by atoms with Gasteiger partial charge >= 0.3 is 6.18 Å². The number of hydrogen-bond acceptors (Lipinski definition) is 3. The van der Waals surface area contributed by atoms with Crippen LogP contribution in [0.3, 0.4) is 0 Å². The largest absolute Gasteiger partial charge is 0.417 e. The molecule has 0 radical (unpaired) electrons. The molecule has 0 unspecified atom stereocenters. The summed E-state index contributed by atoms with van der Waals surface area (Å²) in [5.41, 5.74) is 0.111. The lowest BCUT2D eigenvalue weighted by molar-refractivity contribution is -0.137. The first-order valence-electron chi connectivity index (χ1n) is 11.4. The third kappa shape index (κ3) is 4.53. The number of amides is 1. The zero-order valence-electron chi connectivity index (χ0n) is 19.8. The van der Waals surface area contributed by atoms with Crippen molar-refractivity contribution in [2.45, 2.75) is 6.18 Å². The van der Waals surface area contributed by atoms with E-state index in [4.69, 9.17) is 0 Å².